The number of fused-ring (bicyclic) bond motifs is 2. The molecular weight excluding hydrogens is 384 g/mol. The zero-order valence-corrected chi connectivity index (χ0v) is 17.1. The van der Waals surface area contributed by atoms with Crippen LogP contribution in [-0.4, -0.2) is 5.78 Å². The number of ketones is 1. The molecule has 0 aliphatic carbocycles. The predicted octanol–water partition coefficient (Wildman–Crippen LogP) is 6.19. The highest BCUT2D eigenvalue weighted by atomic mass is 16.3. The van der Waals surface area contributed by atoms with Gasteiger partial charge in [0.05, 0.1) is 5.69 Å². The van der Waals surface area contributed by atoms with Gasteiger partial charge in [0.1, 0.15) is 11.7 Å². The highest BCUT2D eigenvalue weighted by Crippen LogP contribution is 2.35. The summed E-state index contributed by atoms with van der Waals surface area (Å²) in [4.78, 5) is 13.3. The summed E-state index contributed by atoms with van der Waals surface area (Å²) in [6.45, 7) is 1.99. The molecule has 0 saturated heterocycles. The smallest absolute Gasteiger partial charge is 0.230 e. The van der Waals surface area contributed by atoms with Crippen molar-refractivity contribution in [1.29, 1.82) is 0 Å². The van der Waals surface area contributed by atoms with Crippen molar-refractivity contribution in [1.82, 2.24) is 0 Å². The Morgan fingerprint density at radius 1 is 0.839 bits per heavy atom. The van der Waals surface area contributed by atoms with Crippen molar-refractivity contribution >= 4 is 33.2 Å². The lowest BCUT2D eigenvalue weighted by Crippen LogP contribution is -2.21. The van der Waals surface area contributed by atoms with Crippen LogP contribution in [-0.2, 0) is 0 Å². The molecule has 0 aliphatic rings. The maximum absolute atomic E-state index is 13.3. The molecule has 0 bridgehead atoms. The first kappa shape index (κ1) is 19.1. The van der Waals surface area contributed by atoms with Crippen LogP contribution in [0.1, 0.15) is 33.4 Å². The molecule has 0 fully saturated rings. The fourth-order valence-electron chi connectivity index (χ4n) is 3.94. The van der Waals surface area contributed by atoms with E-state index in [0.717, 1.165) is 27.3 Å². The first-order chi connectivity index (χ1) is 15.1. The number of rotatable bonds is 5. The molecule has 4 aromatic carbocycles. The number of benzene rings is 4. The van der Waals surface area contributed by atoms with E-state index in [4.69, 9.17) is 10.2 Å². The molecule has 5 aromatic rings. The summed E-state index contributed by atoms with van der Waals surface area (Å²) in [7, 11) is 0. The quantitative estimate of drug-likeness (QED) is 0.269. The summed E-state index contributed by atoms with van der Waals surface area (Å²) in [5.74, 6) is 0.0876. The van der Waals surface area contributed by atoms with Crippen LogP contribution >= 0.6 is 0 Å². The van der Waals surface area contributed by atoms with Gasteiger partial charge in [-0.05, 0) is 35.4 Å². The van der Waals surface area contributed by atoms with Crippen LogP contribution in [0.25, 0.3) is 21.7 Å². The second kappa shape index (κ2) is 7.74. The van der Waals surface area contributed by atoms with Crippen LogP contribution in [0.15, 0.2) is 95.4 Å². The Morgan fingerprint density at radius 3 is 2.32 bits per heavy atom. The Hall–Kier alpha value is -3.89. The van der Waals surface area contributed by atoms with Crippen LogP contribution in [0.4, 0.5) is 5.69 Å². The third kappa shape index (κ3) is 3.47. The molecule has 5 rings (SSSR count). The first-order valence-corrected chi connectivity index (χ1v) is 10.2. The van der Waals surface area contributed by atoms with Crippen LogP contribution in [0.2, 0.25) is 0 Å². The van der Waals surface area contributed by atoms with E-state index < -0.39 is 6.17 Å². The molecule has 0 spiro atoms. The number of nitrogens with two attached hydrogens (primary N) is 1. The van der Waals surface area contributed by atoms with Crippen molar-refractivity contribution in [2.75, 3.05) is 5.32 Å². The van der Waals surface area contributed by atoms with Crippen molar-refractivity contribution < 1.29 is 9.21 Å². The van der Waals surface area contributed by atoms with E-state index in [2.05, 4.69) is 23.5 Å². The molecule has 3 N–H and O–H groups in total. The molecule has 0 radical (unpaired) electrons. The van der Waals surface area contributed by atoms with Crippen molar-refractivity contribution in [3.8, 4) is 0 Å². The van der Waals surface area contributed by atoms with Crippen molar-refractivity contribution in [2.24, 2.45) is 5.73 Å². The standard InChI is InChI=1S/C27H22N2O2/c1-17-13-15-19(16-14-17)25(30)26-24(22-10-4-5-12-23(22)31-26)29-27(28)21-11-6-8-18-7-2-3-9-20(18)21/h2-16,27,29H,28H2,1H3. The lowest BCUT2D eigenvalue weighted by atomic mass is 10.0. The summed E-state index contributed by atoms with van der Waals surface area (Å²) in [5.41, 5.74) is 10.5. The van der Waals surface area contributed by atoms with Crippen molar-refractivity contribution in [2.45, 2.75) is 13.1 Å². The van der Waals surface area contributed by atoms with Gasteiger partial charge in [-0.1, -0.05) is 84.4 Å². The summed E-state index contributed by atoms with van der Waals surface area (Å²) < 4.78 is 6.00. The second-order valence-electron chi connectivity index (χ2n) is 7.69. The summed E-state index contributed by atoms with van der Waals surface area (Å²) in [6, 6.07) is 29.3. The fourth-order valence-corrected chi connectivity index (χ4v) is 3.94. The molecule has 0 aliphatic heterocycles. The van der Waals surface area contributed by atoms with Gasteiger partial charge >= 0.3 is 0 Å². The molecular formula is C27H22N2O2. The third-order valence-corrected chi connectivity index (χ3v) is 5.57. The fraction of sp³-hybridized carbons (Fsp3) is 0.0741. The van der Waals surface area contributed by atoms with Gasteiger partial charge in [-0.15, -0.1) is 0 Å². The molecule has 0 amide bonds. The van der Waals surface area contributed by atoms with Crippen LogP contribution in [0.5, 0.6) is 0 Å². The number of carbonyl (C=O) groups is 1. The lowest BCUT2D eigenvalue weighted by Gasteiger charge is -2.18. The maximum atomic E-state index is 13.3. The molecule has 1 unspecified atom stereocenters. The summed E-state index contributed by atoms with van der Waals surface area (Å²) in [6.07, 6.45) is -0.517. The van der Waals surface area contributed by atoms with Crippen molar-refractivity contribution in [3.63, 3.8) is 0 Å². The van der Waals surface area contributed by atoms with Crippen LogP contribution in [0.3, 0.4) is 0 Å². The number of nitrogens with one attached hydrogen (secondary N) is 1. The molecule has 1 heterocycles. The Kier molecular flexibility index (Phi) is 4.77. The van der Waals surface area contributed by atoms with Gasteiger partial charge in [0.2, 0.25) is 5.78 Å². The summed E-state index contributed by atoms with van der Waals surface area (Å²) in [5, 5.41) is 6.38. The number of hydrogen-bond acceptors (Lipinski definition) is 4. The number of para-hydroxylation sites is 1. The average Bonchev–Trinajstić information content (AvgIpc) is 3.17. The Labute approximate surface area is 180 Å². The number of carbonyl (C=O) groups excluding carboxylic acids is 1. The van der Waals surface area contributed by atoms with E-state index in [1.807, 2.05) is 79.7 Å². The van der Waals surface area contributed by atoms with E-state index in [9.17, 15) is 4.79 Å². The highest BCUT2D eigenvalue weighted by Gasteiger charge is 2.23. The zero-order chi connectivity index (χ0) is 21.4. The lowest BCUT2D eigenvalue weighted by molar-refractivity contribution is 0.101. The Balaban J connectivity index is 1.59. The number of furan rings is 1. The molecule has 4 heteroatoms. The van der Waals surface area contributed by atoms with Gasteiger partial charge in [0.25, 0.3) is 0 Å². The van der Waals surface area contributed by atoms with E-state index in [-0.39, 0.29) is 11.5 Å². The van der Waals surface area contributed by atoms with Crippen LogP contribution in [0, 0.1) is 6.92 Å². The van der Waals surface area contributed by atoms with Gasteiger partial charge in [-0.2, -0.15) is 0 Å². The Bertz CT molecular complexity index is 1400. The van der Waals surface area contributed by atoms with E-state index in [1.54, 1.807) is 0 Å². The third-order valence-electron chi connectivity index (χ3n) is 5.57. The number of anilines is 1. The van der Waals surface area contributed by atoms with Gasteiger partial charge in [-0.3, -0.25) is 4.79 Å². The van der Waals surface area contributed by atoms with E-state index in [0.29, 0.717) is 16.8 Å². The molecule has 1 atom stereocenters. The van der Waals surface area contributed by atoms with E-state index in [1.165, 1.54) is 0 Å². The van der Waals surface area contributed by atoms with Gasteiger partial charge in [-0.25, -0.2) is 0 Å². The number of aryl methyl sites for hydroxylation is 1. The minimum Gasteiger partial charge on any atom is -0.450 e. The SMILES string of the molecule is Cc1ccc(C(=O)c2oc3ccccc3c2NC(N)c2cccc3ccccc23)cc1. The van der Waals surface area contributed by atoms with Crippen LogP contribution < -0.4 is 11.1 Å². The first-order valence-electron chi connectivity index (χ1n) is 10.2. The summed E-state index contributed by atoms with van der Waals surface area (Å²) >= 11 is 0. The predicted molar refractivity (Wildman–Crippen MR) is 125 cm³/mol. The topological polar surface area (TPSA) is 68.3 Å². The monoisotopic (exact) mass is 406 g/mol. The molecule has 4 nitrogen and oxygen atoms in total. The molecule has 152 valence electrons. The molecule has 1 aromatic heterocycles. The van der Waals surface area contributed by atoms with E-state index >= 15 is 0 Å². The molecule has 31 heavy (non-hydrogen) atoms. The normalized spacial score (nSPS) is 12.2. The largest absolute Gasteiger partial charge is 0.450 e. The minimum atomic E-state index is -0.517. The van der Waals surface area contributed by atoms with Gasteiger partial charge in [0.15, 0.2) is 5.76 Å². The Morgan fingerprint density at radius 2 is 1.52 bits per heavy atom. The van der Waals surface area contributed by atoms with Crippen molar-refractivity contribution in [3.05, 3.63) is 113 Å². The molecule has 0 saturated carbocycles. The zero-order valence-electron chi connectivity index (χ0n) is 17.1. The van der Waals surface area contributed by atoms with Gasteiger partial charge < -0.3 is 15.5 Å². The maximum Gasteiger partial charge on any atom is 0.230 e. The second-order valence-corrected chi connectivity index (χ2v) is 7.69. The minimum absolute atomic E-state index is 0.177. The van der Waals surface area contributed by atoms with Gasteiger partial charge in [0, 0.05) is 10.9 Å². The highest BCUT2D eigenvalue weighted by molar-refractivity contribution is 6.15. The average molecular weight is 406 g/mol. The number of hydrogen-bond donors (Lipinski definition) is 2.